The lowest BCUT2D eigenvalue weighted by atomic mass is 9.95. The van der Waals surface area contributed by atoms with E-state index in [1.165, 1.54) is 0 Å². The minimum Gasteiger partial charge on any atom is -0.370 e. The number of hydrogen-bond donors (Lipinski definition) is 2. The van der Waals surface area contributed by atoms with E-state index in [1.54, 1.807) is 13.8 Å². The van der Waals surface area contributed by atoms with Crippen molar-refractivity contribution in [3.05, 3.63) is 0 Å². The molecule has 0 aromatic rings. The summed E-state index contributed by atoms with van der Waals surface area (Å²) in [6.07, 6.45) is -1.44. The van der Waals surface area contributed by atoms with Crippen LogP contribution >= 0.6 is 46.4 Å². The largest absolute Gasteiger partial charge is 0.370 e. The summed E-state index contributed by atoms with van der Waals surface area (Å²) in [6, 6.07) is 0. The van der Waals surface area contributed by atoms with Crippen molar-refractivity contribution in [3.63, 3.8) is 0 Å². The SMILES string of the molecule is CC(C)(CCl)C(=O)NC(O)C(Cl)(Cl)CCl. The third-order valence-electron chi connectivity index (χ3n) is 1.79. The molecule has 0 rings (SSSR count). The first-order chi connectivity index (χ1) is 6.67. The summed E-state index contributed by atoms with van der Waals surface area (Å²) in [5.41, 5.74) is -0.807. The number of carbonyl (C=O) groups is 1. The molecule has 0 spiro atoms. The van der Waals surface area contributed by atoms with Crippen LogP contribution in [0.5, 0.6) is 0 Å². The number of carbonyl (C=O) groups excluding carboxylic acids is 1. The van der Waals surface area contributed by atoms with Crippen molar-refractivity contribution >= 4 is 52.3 Å². The summed E-state index contributed by atoms with van der Waals surface area (Å²) in [4.78, 5) is 11.6. The summed E-state index contributed by atoms with van der Waals surface area (Å²) in [7, 11) is 0. The lowest BCUT2D eigenvalue weighted by Gasteiger charge is -2.28. The summed E-state index contributed by atoms with van der Waals surface area (Å²) in [6.45, 7) is 3.26. The van der Waals surface area contributed by atoms with E-state index in [-0.39, 0.29) is 11.8 Å². The minimum absolute atomic E-state index is 0.115. The molecule has 90 valence electrons. The van der Waals surface area contributed by atoms with E-state index in [4.69, 9.17) is 46.4 Å². The summed E-state index contributed by atoms with van der Waals surface area (Å²) in [5, 5.41) is 11.7. The number of alkyl halides is 4. The molecule has 0 saturated heterocycles. The van der Waals surface area contributed by atoms with Crippen LogP contribution in [-0.2, 0) is 4.79 Å². The molecule has 15 heavy (non-hydrogen) atoms. The molecule has 0 aliphatic heterocycles. The first-order valence-corrected chi connectivity index (χ1v) is 5.98. The number of aliphatic hydroxyl groups excluding tert-OH is 1. The number of aliphatic hydroxyl groups is 1. The molecule has 0 aromatic carbocycles. The maximum Gasteiger partial charge on any atom is 0.228 e. The van der Waals surface area contributed by atoms with Crippen LogP contribution < -0.4 is 5.32 Å². The predicted molar refractivity (Wildman–Crippen MR) is 63.8 cm³/mol. The fraction of sp³-hybridized carbons (Fsp3) is 0.875. The Hall–Kier alpha value is 0.590. The van der Waals surface area contributed by atoms with Gasteiger partial charge < -0.3 is 10.4 Å². The molecule has 0 saturated carbocycles. The maximum atomic E-state index is 11.6. The Bertz CT molecular complexity index is 233. The zero-order valence-electron chi connectivity index (χ0n) is 8.36. The van der Waals surface area contributed by atoms with Gasteiger partial charge in [0.25, 0.3) is 0 Å². The van der Waals surface area contributed by atoms with E-state index in [0.29, 0.717) is 0 Å². The van der Waals surface area contributed by atoms with Crippen molar-refractivity contribution in [1.82, 2.24) is 5.32 Å². The van der Waals surface area contributed by atoms with E-state index in [9.17, 15) is 9.90 Å². The standard InChI is InChI=1S/C8H13Cl4NO2/c1-7(2,3-9)5(14)13-6(15)8(11,12)4-10/h6,15H,3-4H2,1-2H3,(H,13,14). The number of rotatable bonds is 5. The van der Waals surface area contributed by atoms with Gasteiger partial charge >= 0.3 is 0 Å². The summed E-state index contributed by atoms with van der Waals surface area (Å²) < 4.78 is -1.61. The van der Waals surface area contributed by atoms with Gasteiger partial charge in [0.2, 0.25) is 5.91 Å². The normalized spacial score (nSPS) is 14.9. The van der Waals surface area contributed by atoms with Gasteiger partial charge in [-0.25, -0.2) is 0 Å². The van der Waals surface area contributed by atoms with Gasteiger partial charge in [0, 0.05) is 5.88 Å². The third-order valence-corrected chi connectivity index (χ3v) is 3.84. The first-order valence-electron chi connectivity index (χ1n) is 4.16. The Labute approximate surface area is 109 Å². The quantitative estimate of drug-likeness (QED) is 0.603. The molecule has 0 radical (unpaired) electrons. The zero-order valence-corrected chi connectivity index (χ0v) is 11.4. The van der Waals surface area contributed by atoms with Crippen LogP contribution in [0.2, 0.25) is 0 Å². The van der Waals surface area contributed by atoms with Gasteiger partial charge in [-0.15, -0.1) is 23.2 Å². The van der Waals surface area contributed by atoms with Gasteiger partial charge in [-0.3, -0.25) is 4.79 Å². The molecule has 7 heteroatoms. The molecule has 1 unspecified atom stereocenters. The highest BCUT2D eigenvalue weighted by Gasteiger charge is 2.37. The molecule has 0 heterocycles. The number of nitrogens with one attached hydrogen (secondary N) is 1. The van der Waals surface area contributed by atoms with Crippen LogP contribution in [0, 0.1) is 5.41 Å². The smallest absolute Gasteiger partial charge is 0.228 e. The van der Waals surface area contributed by atoms with Gasteiger partial charge in [0.15, 0.2) is 10.6 Å². The molecule has 0 aliphatic rings. The Balaban J connectivity index is 4.43. The Morgan fingerprint density at radius 3 is 2.13 bits per heavy atom. The topological polar surface area (TPSA) is 49.3 Å². The van der Waals surface area contributed by atoms with E-state index in [2.05, 4.69) is 5.32 Å². The fourth-order valence-electron chi connectivity index (χ4n) is 0.559. The zero-order chi connectivity index (χ0) is 12.3. The molecule has 1 atom stereocenters. The van der Waals surface area contributed by atoms with Crippen LogP contribution in [-0.4, -0.2) is 33.3 Å². The molecule has 0 aromatic heterocycles. The average Bonchev–Trinajstić information content (AvgIpc) is 2.17. The van der Waals surface area contributed by atoms with Crippen LogP contribution in [0.25, 0.3) is 0 Å². The highest BCUT2D eigenvalue weighted by molar-refractivity contribution is 6.52. The van der Waals surface area contributed by atoms with Crippen LogP contribution in [0.4, 0.5) is 0 Å². The second kappa shape index (κ2) is 5.78. The van der Waals surface area contributed by atoms with Crippen LogP contribution in [0.15, 0.2) is 0 Å². The molecule has 0 bridgehead atoms. The second-order valence-corrected chi connectivity index (χ2v) is 5.87. The van der Waals surface area contributed by atoms with Gasteiger partial charge in [-0.1, -0.05) is 23.2 Å². The van der Waals surface area contributed by atoms with Crippen LogP contribution in [0.3, 0.4) is 0 Å². The summed E-state index contributed by atoms with van der Waals surface area (Å²) in [5.74, 6) is -0.538. The summed E-state index contributed by atoms with van der Waals surface area (Å²) >= 11 is 22.3. The molecule has 2 N–H and O–H groups in total. The number of amides is 1. The number of halogens is 4. The highest BCUT2D eigenvalue weighted by atomic mass is 35.5. The molecular weight excluding hydrogens is 284 g/mol. The molecular formula is C8H13Cl4NO2. The van der Waals surface area contributed by atoms with Gasteiger partial charge in [-0.05, 0) is 13.8 Å². The predicted octanol–water partition coefficient (Wildman–Crippen LogP) is 2.10. The Kier molecular flexibility index (Phi) is 6.01. The number of hydrogen-bond acceptors (Lipinski definition) is 2. The average molecular weight is 297 g/mol. The lowest BCUT2D eigenvalue weighted by molar-refractivity contribution is -0.131. The maximum absolute atomic E-state index is 11.6. The highest BCUT2D eigenvalue weighted by Crippen LogP contribution is 2.27. The minimum atomic E-state index is -1.61. The molecule has 0 fully saturated rings. The fourth-order valence-corrected chi connectivity index (χ4v) is 0.936. The van der Waals surface area contributed by atoms with Gasteiger partial charge in [-0.2, -0.15) is 0 Å². The van der Waals surface area contributed by atoms with Crippen molar-refractivity contribution in [2.75, 3.05) is 11.8 Å². The van der Waals surface area contributed by atoms with Crippen molar-refractivity contribution in [2.45, 2.75) is 24.4 Å². The Morgan fingerprint density at radius 2 is 1.80 bits per heavy atom. The first kappa shape index (κ1) is 15.6. The second-order valence-electron chi connectivity index (χ2n) is 3.79. The molecule has 3 nitrogen and oxygen atoms in total. The monoisotopic (exact) mass is 295 g/mol. The van der Waals surface area contributed by atoms with Gasteiger partial charge in [0.05, 0.1) is 11.3 Å². The van der Waals surface area contributed by atoms with E-state index in [0.717, 1.165) is 0 Å². The van der Waals surface area contributed by atoms with E-state index < -0.39 is 21.9 Å². The van der Waals surface area contributed by atoms with Crippen molar-refractivity contribution < 1.29 is 9.90 Å². The van der Waals surface area contributed by atoms with Crippen LogP contribution in [0.1, 0.15) is 13.8 Å². The van der Waals surface area contributed by atoms with Crippen molar-refractivity contribution in [1.29, 1.82) is 0 Å². The van der Waals surface area contributed by atoms with Gasteiger partial charge in [0.1, 0.15) is 0 Å². The van der Waals surface area contributed by atoms with E-state index in [1.807, 2.05) is 0 Å². The third kappa shape index (κ3) is 4.53. The lowest BCUT2D eigenvalue weighted by Crippen LogP contribution is -2.51. The molecule has 0 aliphatic carbocycles. The Morgan fingerprint density at radius 1 is 1.33 bits per heavy atom. The van der Waals surface area contributed by atoms with Crippen molar-refractivity contribution in [3.8, 4) is 0 Å². The van der Waals surface area contributed by atoms with E-state index >= 15 is 0 Å². The van der Waals surface area contributed by atoms with Crippen molar-refractivity contribution in [2.24, 2.45) is 5.41 Å². The molecule has 1 amide bonds.